The Morgan fingerprint density at radius 2 is 1.68 bits per heavy atom. The van der Waals surface area contributed by atoms with Gasteiger partial charge in [-0.3, -0.25) is 4.90 Å². The standard InChI is InChI=1S/C20H18N2/c1-2-7-18(14-21)22-13-12-16-8-3-5-10-19(16)20-11-6-4-9-17(20)15-22/h1,3-6,8-11,18H,7,12-13,15H2. The first-order valence-electron chi connectivity index (χ1n) is 7.57. The van der Waals surface area contributed by atoms with Crippen molar-refractivity contribution in [1.82, 2.24) is 4.90 Å². The third-order valence-corrected chi connectivity index (χ3v) is 4.27. The smallest absolute Gasteiger partial charge is 0.109 e. The summed E-state index contributed by atoms with van der Waals surface area (Å²) < 4.78 is 0. The topological polar surface area (TPSA) is 27.0 Å². The quantitative estimate of drug-likeness (QED) is 0.788. The summed E-state index contributed by atoms with van der Waals surface area (Å²) in [6.07, 6.45) is 6.84. The minimum atomic E-state index is -0.219. The molecule has 2 aromatic carbocycles. The molecule has 0 saturated heterocycles. The summed E-state index contributed by atoms with van der Waals surface area (Å²) >= 11 is 0. The number of fused-ring (bicyclic) bond motifs is 3. The molecule has 108 valence electrons. The zero-order valence-corrected chi connectivity index (χ0v) is 12.5. The van der Waals surface area contributed by atoms with E-state index in [1.54, 1.807) is 0 Å². The van der Waals surface area contributed by atoms with Crippen LogP contribution in [0, 0.1) is 23.7 Å². The van der Waals surface area contributed by atoms with Gasteiger partial charge >= 0.3 is 0 Å². The molecule has 0 aromatic heterocycles. The van der Waals surface area contributed by atoms with Gasteiger partial charge in [0.25, 0.3) is 0 Å². The highest BCUT2D eigenvalue weighted by Crippen LogP contribution is 2.31. The van der Waals surface area contributed by atoms with Gasteiger partial charge in [0.2, 0.25) is 0 Å². The molecule has 1 heterocycles. The highest BCUT2D eigenvalue weighted by atomic mass is 15.1. The number of terminal acetylenes is 1. The van der Waals surface area contributed by atoms with Gasteiger partial charge in [-0.15, -0.1) is 12.3 Å². The zero-order valence-electron chi connectivity index (χ0n) is 12.5. The molecule has 2 heteroatoms. The van der Waals surface area contributed by atoms with Crippen LogP contribution in [0.4, 0.5) is 0 Å². The van der Waals surface area contributed by atoms with Crippen LogP contribution in [0.1, 0.15) is 17.5 Å². The van der Waals surface area contributed by atoms with Crippen LogP contribution in [-0.2, 0) is 13.0 Å². The number of hydrogen-bond donors (Lipinski definition) is 0. The third-order valence-electron chi connectivity index (χ3n) is 4.27. The van der Waals surface area contributed by atoms with Crippen LogP contribution in [-0.4, -0.2) is 17.5 Å². The van der Waals surface area contributed by atoms with E-state index in [2.05, 4.69) is 65.4 Å². The molecule has 2 nitrogen and oxygen atoms in total. The fourth-order valence-corrected chi connectivity index (χ4v) is 3.12. The molecule has 22 heavy (non-hydrogen) atoms. The van der Waals surface area contributed by atoms with Gasteiger partial charge in [0.1, 0.15) is 6.04 Å². The second-order valence-corrected chi connectivity index (χ2v) is 5.59. The highest BCUT2D eigenvalue weighted by molar-refractivity contribution is 5.71. The van der Waals surface area contributed by atoms with Gasteiger partial charge in [0.05, 0.1) is 6.07 Å². The summed E-state index contributed by atoms with van der Waals surface area (Å²) in [5.74, 6) is 2.63. The fraction of sp³-hybridized carbons (Fsp3) is 0.250. The Hall–Kier alpha value is -2.55. The lowest BCUT2D eigenvalue weighted by atomic mass is 9.91. The molecular formula is C20H18N2. The van der Waals surface area contributed by atoms with Gasteiger partial charge in [-0.2, -0.15) is 5.26 Å². The molecule has 2 aromatic rings. The third kappa shape index (κ3) is 2.75. The van der Waals surface area contributed by atoms with Crippen LogP contribution in [0.2, 0.25) is 0 Å². The van der Waals surface area contributed by atoms with Gasteiger partial charge in [-0.1, -0.05) is 48.5 Å². The lowest BCUT2D eigenvalue weighted by molar-refractivity contribution is 0.229. The van der Waals surface area contributed by atoms with E-state index in [4.69, 9.17) is 6.42 Å². The molecule has 0 fully saturated rings. The average molecular weight is 286 g/mol. The Labute approximate surface area is 132 Å². The molecule has 1 unspecified atom stereocenters. The van der Waals surface area contributed by atoms with E-state index in [0.717, 1.165) is 19.5 Å². The maximum Gasteiger partial charge on any atom is 0.109 e. The maximum absolute atomic E-state index is 9.43. The van der Waals surface area contributed by atoms with E-state index >= 15 is 0 Å². The Morgan fingerprint density at radius 3 is 2.36 bits per heavy atom. The fourth-order valence-electron chi connectivity index (χ4n) is 3.12. The van der Waals surface area contributed by atoms with Gasteiger partial charge in [-0.25, -0.2) is 0 Å². The molecular weight excluding hydrogens is 268 g/mol. The monoisotopic (exact) mass is 286 g/mol. The molecule has 0 amide bonds. The molecule has 0 N–H and O–H groups in total. The minimum absolute atomic E-state index is 0.219. The van der Waals surface area contributed by atoms with Crippen LogP contribution in [0.15, 0.2) is 48.5 Å². The Bertz CT molecular complexity index is 749. The summed E-state index contributed by atoms with van der Waals surface area (Å²) in [4.78, 5) is 2.20. The minimum Gasteiger partial charge on any atom is -0.283 e. The first-order valence-corrected chi connectivity index (χ1v) is 7.57. The largest absolute Gasteiger partial charge is 0.283 e. The Kier molecular flexibility index (Phi) is 4.24. The normalized spacial score (nSPS) is 15.4. The first-order chi connectivity index (χ1) is 10.8. The molecule has 0 radical (unpaired) electrons. The summed E-state index contributed by atoms with van der Waals surface area (Å²) in [6.45, 7) is 1.62. The van der Waals surface area contributed by atoms with Crippen molar-refractivity contribution < 1.29 is 0 Å². The number of rotatable bonds is 2. The lowest BCUT2D eigenvalue weighted by Crippen LogP contribution is -2.36. The predicted molar refractivity (Wildman–Crippen MR) is 88.8 cm³/mol. The molecule has 3 rings (SSSR count). The van der Waals surface area contributed by atoms with Crippen molar-refractivity contribution in [2.24, 2.45) is 0 Å². The molecule has 1 aliphatic rings. The van der Waals surface area contributed by atoms with Crippen LogP contribution in [0.3, 0.4) is 0 Å². The van der Waals surface area contributed by atoms with Crippen molar-refractivity contribution in [2.75, 3.05) is 6.54 Å². The maximum atomic E-state index is 9.43. The Balaban J connectivity index is 2.04. The summed E-state index contributed by atoms with van der Waals surface area (Å²) in [5.41, 5.74) is 5.16. The van der Waals surface area contributed by atoms with Gasteiger partial charge in [0.15, 0.2) is 0 Å². The second-order valence-electron chi connectivity index (χ2n) is 5.59. The predicted octanol–water partition coefficient (Wildman–Crippen LogP) is 3.63. The van der Waals surface area contributed by atoms with Crippen molar-refractivity contribution in [2.45, 2.75) is 25.4 Å². The molecule has 1 aliphatic heterocycles. The van der Waals surface area contributed by atoms with E-state index in [1.165, 1.54) is 22.3 Å². The van der Waals surface area contributed by atoms with Crippen molar-refractivity contribution in [3.63, 3.8) is 0 Å². The molecule has 1 atom stereocenters. The second kappa shape index (κ2) is 6.48. The first kappa shape index (κ1) is 14.4. The van der Waals surface area contributed by atoms with Gasteiger partial charge < -0.3 is 0 Å². The Morgan fingerprint density at radius 1 is 1.05 bits per heavy atom. The SMILES string of the molecule is C#CCC(C#N)N1CCc2ccccc2-c2ccccc2C1. The lowest BCUT2D eigenvalue weighted by Gasteiger charge is -2.30. The number of benzene rings is 2. The van der Waals surface area contributed by atoms with E-state index in [1.807, 2.05) is 0 Å². The highest BCUT2D eigenvalue weighted by Gasteiger charge is 2.22. The van der Waals surface area contributed by atoms with Crippen molar-refractivity contribution >= 4 is 0 Å². The zero-order chi connectivity index (χ0) is 15.4. The van der Waals surface area contributed by atoms with Crippen LogP contribution < -0.4 is 0 Å². The van der Waals surface area contributed by atoms with Crippen molar-refractivity contribution in [3.8, 4) is 29.5 Å². The number of nitriles is 1. The van der Waals surface area contributed by atoms with E-state index in [0.29, 0.717) is 6.42 Å². The molecule has 0 spiro atoms. The molecule has 0 saturated carbocycles. The van der Waals surface area contributed by atoms with Crippen LogP contribution >= 0.6 is 0 Å². The summed E-state index contributed by atoms with van der Waals surface area (Å²) in [6, 6.07) is 19.1. The number of hydrogen-bond acceptors (Lipinski definition) is 2. The summed E-state index contributed by atoms with van der Waals surface area (Å²) in [5, 5.41) is 9.43. The van der Waals surface area contributed by atoms with E-state index in [-0.39, 0.29) is 6.04 Å². The van der Waals surface area contributed by atoms with Crippen molar-refractivity contribution in [1.29, 1.82) is 5.26 Å². The van der Waals surface area contributed by atoms with Gasteiger partial charge in [0, 0.05) is 19.5 Å². The van der Waals surface area contributed by atoms with E-state index < -0.39 is 0 Å². The van der Waals surface area contributed by atoms with Crippen molar-refractivity contribution in [3.05, 3.63) is 59.7 Å². The van der Waals surface area contributed by atoms with Crippen LogP contribution in [0.25, 0.3) is 11.1 Å². The number of nitrogens with zero attached hydrogens (tertiary/aromatic N) is 2. The molecule has 0 aliphatic carbocycles. The summed E-state index contributed by atoms with van der Waals surface area (Å²) in [7, 11) is 0. The molecule has 0 bridgehead atoms. The average Bonchev–Trinajstić information content (AvgIpc) is 2.55. The van der Waals surface area contributed by atoms with Gasteiger partial charge in [-0.05, 0) is 28.7 Å². The van der Waals surface area contributed by atoms with Crippen LogP contribution in [0.5, 0.6) is 0 Å². The van der Waals surface area contributed by atoms with E-state index in [9.17, 15) is 5.26 Å².